The smallest absolute Gasteiger partial charge is 0.258 e. The van der Waals surface area contributed by atoms with Crippen molar-refractivity contribution >= 4 is 38.5 Å². The van der Waals surface area contributed by atoms with Crippen LogP contribution in [0, 0.1) is 10.1 Å². The lowest BCUT2D eigenvalue weighted by molar-refractivity contribution is -0.385. The van der Waals surface area contributed by atoms with Gasteiger partial charge in [-0.25, -0.2) is 8.42 Å². The number of hydrogen-bond acceptors (Lipinski definition) is 7. The number of nitro groups is 1. The van der Waals surface area contributed by atoms with Crippen LogP contribution in [0.1, 0.15) is 5.56 Å². The maximum atomic E-state index is 12.0. The summed E-state index contributed by atoms with van der Waals surface area (Å²) in [6.45, 7) is 0. The minimum atomic E-state index is -3.79. The van der Waals surface area contributed by atoms with Gasteiger partial charge in [0.25, 0.3) is 5.69 Å². The fourth-order valence-corrected chi connectivity index (χ4v) is 3.96. The van der Waals surface area contributed by atoms with Crippen LogP contribution in [0.5, 0.6) is 0 Å². The first-order chi connectivity index (χ1) is 8.90. The third-order valence-corrected chi connectivity index (χ3v) is 5.31. The summed E-state index contributed by atoms with van der Waals surface area (Å²) in [6, 6.07) is 5.64. The van der Waals surface area contributed by atoms with Gasteiger partial charge in [-0.05, 0) is 11.6 Å². The van der Waals surface area contributed by atoms with Gasteiger partial charge in [0.15, 0.2) is 0 Å². The van der Waals surface area contributed by atoms with Gasteiger partial charge in [0.05, 0.1) is 10.7 Å². The first-order valence-corrected chi connectivity index (χ1v) is 7.69. The second-order valence-electron chi connectivity index (χ2n) is 3.47. The predicted octanol–water partition coefficient (Wildman–Crippen LogP) is 2.07. The zero-order valence-electron chi connectivity index (χ0n) is 9.19. The molecule has 0 aliphatic carbocycles. The van der Waals surface area contributed by atoms with E-state index >= 15 is 0 Å². The molecule has 10 heteroatoms. The summed E-state index contributed by atoms with van der Waals surface area (Å²) in [7, 11) is -3.79. The van der Waals surface area contributed by atoms with E-state index < -0.39 is 20.5 Å². The van der Waals surface area contributed by atoms with Gasteiger partial charge in [0, 0.05) is 11.6 Å². The lowest BCUT2D eigenvalue weighted by atomic mass is 10.2. The van der Waals surface area contributed by atoms with E-state index in [0.29, 0.717) is 11.3 Å². The van der Waals surface area contributed by atoms with E-state index in [4.69, 9.17) is 11.6 Å². The zero-order chi connectivity index (χ0) is 14.0. The van der Waals surface area contributed by atoms with Crippen molar-refractivity contribution in [2.75, 3.05) is 0 Å². The van der Waals surface area contributed by atoms with Crippen molar-refractivity contribution in [3.8, 4) is 0 Å². The third-order valence-electron chi connectivity index (χ3n) is 2.18. The van der Waals surface area contributed by atoms with Gasteiger partial charge in [0.1, 0.15) is 0 Å². The first-order valence-electron chi connectivity index (χ1n) is 4.84. The van der Waals surface area contributed by atoms with E-state index in [2.05, 4.69) is 10.2 Å². The van der Waals surface area contributed by atoms with Crippen LogP contribution in [0.15, 0.2) is 28.6 Å². The van der Waals surface area contributed by atoms with Gasteiger partial charge in [-0.1, -0.05) is 29.5 Å². The maximum Gasteiger partial charge on any atom is 0.273 e. The van der Waals surface area contributed by atoms with E-state index in [-0.39, 0.29) is 20.1 Å². The Labute approximate surface area is 116 Å². The maximum absolute atomic E-state index is 12.0. The standard InChI is InChI=1S/C9H6ClN3O4S2/c10-8-11-12-9(18-8)19(16,17)5-6-3-1-2-4-7(6)13(14)15/h1-4H,5H2. The molecule has 0 amide bonds. The Morgan fingerprint density at radius 2 is 2.00 bits per heavy atom. The Morgan fingerprint density at radius 3 is 2.58 bits per heavy atom. The molecule has 100 valence electrons. The summed E-state index contributed by atoms with van der Waals surface area (Å²) in [4.78, 5) is 10.2. The quantitative estimate of drug-likeness (QED) is 0.631. The molecule has 0 saturated heterocycles. The molecule has 2 aromatic rings. The van der Waals surface area contributed by atoms with Crippen molar-refractivity contribution in [2.24, 2.45) is 0 Å². The summed E-state index contributed by atoms with van der Waals surface area (Å²) in [5, 5.41) is 17.7. The molecule has 0 spiro atoms. The second kappa shape index (κ2) is 5.19. The lowest BCUT2D eigenvalue weighted by Gasteiger charge is -2.01. The molecule has 0 fully saturated rings. The van der Waals surface area contributed by atoms with Crippen molar-refractivity contribution in [2.45, 2.75) is 10.1 Å². The summed E-state index contributed by atoms with van der Waals surface area (Å²) in [5.74, 6) is -0.518. The number of halogens is 1. The monoisotopic (exact) mass is 319 g/mol. The van der Waals surface area contributed by atoms with Crippen LogP contribution in [0.4, 0.5) is 5.69 Å². The molecule has 1 aromatic carbocycles. The van der Waals surface area contributed by atoms with E-state index in [0.717, 1.165) is 0 Å². The highest BCUT2D eigenvalue weighted by atomic mass is 35.5. The minimum absolute atomic E-state index is 0.00105. The Balaban J connectivity index is 2.39. The fourth-order valence-electron chi connectivity index (χ4n) is 1.40. The molecular formula is C9H6ClN3O4S2. The molecule has 2 rings (SSSR count). The molecule has 0 aliphatic heterocycles. The summed E-state index contributed by atoms with van der Waals surface area (Å²) >= 11 is 6.24. The molecule has 0 bridgehead atoms. The van der Waals surface area contributed by atoms with Crippen LogP contribution in [0.3, 0.4) is 0 Å². The van der Waals surface area contributed by atoms with E-state index in [1.807, 2.05) is 0 Å². The molecule has 19 heavy (non-hydrogen) atoms. The molecule has 0 atom stereocenters. The number of para-hydroxylation sites is 1. The third kappa shape index (κ3) is 3.06. The molecule has 1 heterocycles. The topological polar surface area (TPSA) is 103 Å². The van der Waals surface area contributed by atoms with E-state index in [9.17, 15) is 18.5 Å². The van der Waals surface area contributed by atoms with Crippen LogP contribution >= 0.6 is 22.9 Å². The van der Waals surface area contributed by atoms with Gasteiger partial charge in [-0.2, -0.15) is 0 Å². The minimum Gasteiger partial charge on any atom is -0.258 e. The van der Waals surface area contributed by atoms with Crippen molar-refractivity contribution in [1.29, 1.82) is 0 Å². The largest absolute Gasteiger partial charge is 0.273 e. The van der Waals surface area contributed by atoms with Crippen molar-refractivity contribution in [3.05, 3.63) is 44.4 Å². The van der Waals surface area contributed by atoms with Crippen LogP contribution < -0.4 is 0 Å². The molecule has 0 saturated carbocycles. The van der Waals surface area contributed by atoms with Gasteiger partial charge < -0.3 is 0 Å². The average Bonchev–Trinajstić information content (AvgIpc) is 2.76. The van der Waals surface area contributed by atoms with Crippen molar-refractivity contribution in [1.82, 2.24) is 10.2 Å². The highest BCUT2D eigenvalue weighted by Crippen LogP contribution is 2.26. The number of hydrogen-bond donors (Lipinski definition) is 0. The molecule has 0 aliphatic rings. The summed E-state index contributed by atoms with van der Waals surface area (Å²) in [6.07, 6.45) is 0. The van der Waals surface area contributed by atoms with Gasteiger partial charge in [-0.3, -0.25) is 10.1 Å². The number of nitro benzene ring substituents is 1. The zero-order valence-corrected chi connectivity index (χ0v) is 11.6. The Morgan fingerprint density at radius 1 is 1.32 bits per heavy atom. The average molecular weight is 320 g/mol. The molecule has 7 nitrogen and oxygen atoms in total. The first kappa shape index (κ1) is 13.8. The molecular weight excluding hydrogens is 314 g/mol. The number of benzene rings is 1. The predicted molar refractivity (Wildman–Crippen MR) is 68.9 cm³/mol. The van der Waals surface area contributed by atoms with Crippen LogP contribution in [-0.4, -0.2) is 23.5 Å². The van der Waals surface area contributed by atoms with Gasteiger partial charge >= 0.3 is 0 Å². The van der Waals surface area contributed by atoms with Crippen molar-refractivity contribution in [3.63, 3.8) is 0 Å². The van der Waals surface area contributed by atoms with Gasteiger partial charge in [0.2, 0.25) is 18.6 Å². The van der Waals surface area contributed by atoms with Crippen LogP contribution in [0.2, 0.25) is 4.47 Å². The molecule has 1 aromatic heterocycles. The van der Waals surface area contributed by atoms with Crippen molar-refractivity contribution < 1.29 is 13.3 Å². The number of sulfone groups is 1. The molecule has 0 unspecified atom stereocenters. The SMILES string of the molecule is O=[N+]([O-])c1ccccc1CS(=O)(=O)c1nnc(Cl)s1. The second-order valence-corrected chi connectivity index (χ2v) is 7.19. The normalized spacial score (nSPS) is 11.4. The van der Waals surface area contributed by atoms with Crippen LogP contribution in [-0.2, 0) is 15.6 Å². The van der Waals surface area contributed by atoms with E-state index in [1.165, 1.54) is 24.3 Å². The highest BCUT2D eigenvalue weighted by molar-refractivity contribution is 7.92. The highest BCUT2D eigenvalue weighted by Gasteiger charge is 2.24. The lowest BCUT2D eigenvalue weighted by Crippen LogP contribution is -2.06. The fraction of sp³-hybridized carbons (Fsp3) is 0.111. The Hall–Kier alpha value is -1.58. The number of aromatic nitrogens is 2. The summed E-state index contributed by atoms with van der Waals surface area (Å²) < 4.78 is 23.8. The molecule has 0 radical (unpaired) electrons. The van der Waals surface area contributed by atoms with Gasteiger partial charge in [-0.15, -0.1) is 10.2 Å². The summed E-state index contributed by atoms with van der Waals surface area (Å²) in [5.41, 5.74) is -0.152. The number of nitrogens with zero attached hydrogens (tertiary/aromatic N) is 3. The van der Waals surface area contributed by atoms with Crippen LogP contribution in [0.25, 0.3) is 0 Å². The van der Waals surface area contributed by atoms with E-state index in [1.54, 1.807) is 0 Å². The number of rotatable bonds is 4. The Bertz CT molecular complexity index is 729. The Kier molecular flexibility index (Phi) is 3.78. The molecule has 0 N–H and O–H groups in total.